The lowest BCUT2D eigenvalue weighted by Crippen LogP contribution is -1.93. The standard InChI is InChI=1S/C11H16.C10H14S.C10H14/c1-4-10-7-5-6-8-11(10)9(2)3;1-8(2)9-5-4-6-10(7-9)11-3;1-8(2)10-7-5-4-6-9(10)3/h5-9H,4H2,1-3H3;4-8H,1-3H3;4-8H,1-3H3. The van der Waals surface area contributed by atoms with Crippen LogP contribution < -0.4 is 0 Å². The molecule has 0 bridgehead atoms. The molecule has 32 heavy (non-hydrogen) atoms. The number of thioether (sulfide) groups is 1. The third-order valence-electron chi connectivity index (χ3n) is 5.63. The van der Waals surface area contributed by atoms with Crippen molar-refractivity contribution in [3.05, 3.63) is 101 Å². The fourth-order valence-corrected chi connectivity index (χ4v) is 4.12. The second-order valence-corrected chi connectivity index (χ2v) is 10.0. The van der Waals surface area contributed by atoms with Crippen molar-refractivity contribution in [3.63, 3.8) is 0 Å². The third-order valence-corrected chi connectivity index (χ3v) is 6.35. The van der Waals surface area contributed by atoms with E-state index in [-0.39, 0.29) is 0 Å². The van der Waals surface area contributed by atoms with Crippen molar-refractivity contribution in [2.24, 2.45) is 0 Å². The number of aryl methyl sites for hydroxylation is 2. The molecule has 174 valence electrons. The smallest absolute Gasteiger partial charge is 0.00719 e. The molecule has 0 unspecified atom stereocenters. The predicted molar refractivity (Wildman–Crippen MR) is 147 cm³/mol. The molecule has 0 N–H and O–H groups in total. The Morgan fingerprint density at radius 2 is 1.22 bits per heavy atom. The summed E-state index contributed by atoms with van der Waals surface area (Å²) in [6, 6.07) is 25.9. The van der Waals surface area contributed by atoms with Gasteiger partial charge in [-0.1, -0.05) is 109 Å². The van der Waals surface area contributed by atoms with E-state index < -0.39 is 0 Å². The molecule has 1 heteroatoms. The Bertz CT molecular complexity index is 906. The van der Waals surface area contributed by atoms with E-state index in [2.05, 4.69) is 134 Å². The zero-order chi connectivity index (χ0) is 24.1. The fourth-order valence-electron chi connectivity index (χ4n) is 3.65. The fraction of sp³-hybridized carbons (Fsp3) is 0.419. The average molecular weight is 449 g/mol. The van der Waals surface area contributed by atoms with E-state index in [9.17, 15) is 0 Å². The highest BCUT2D eigenvalue weighted by Crippen LogP contribution is 2.21. The van der Waals surface area contributed by atoms with Gasteiger partial charge in [0, 0.05) is 4.90 Å². The lowest BCUT2D eigenvalue weighted by atomic mass is 9.96. The SMILES string of the molecule is CCc1ccccc1C(C)C.CSc1cccc(C(C)C)c1.Cc1ccccc1C(C)C. The second kappa shape index (κ2) is 15.0. The number of benzene rings is 3. The molecule has 0 saturated heterocycles. The van der Waals surface area contributed by atoms with Gasteiger partial charge in [-0.25, -0.2) is 0 Å². The third kappa shape index (κ3) is 9.65. The van der Waals surface area contributed by atoms with E-state index in [0.29, 0.717) is 17.8 Å². The molecule has 0 amide bonds. The van der Waals surface area contributed by atoms with Crippen molar-refractivity contribution in [1.29, 1.82) is 0 Å². The molecule has 0 aliphatic heterocycles. The van der Waals surface area contributed by atoms with Crippen LogP contribution in [0.1, 0.15) is 94.0 Å². The normalized spacial score (nSPS) is 10.5. The lowest BCUT2D eigenvalue weighted by Gasteiger charge is -2.09. The summed E-state index contributed by atoms with van der Waals surface area (Å²) in [4.78, 5) is 1.36. The number of hydrogen-bond donors (Lipinski definition) is 0. The monoisotopic (exact) mass is 448 g/mol. The van der Waals surface area contributed by atoms with Gasteiger partial charge >= 0.3 is 0 Å². The first kappa shape index (κ1) is 28.0. The zero-order valence-corrected chi connectivity index (χ0v) is 22.6. The molecule has 0 fully saturated rings. The van der Waals surface area contributed by atoms with E-state index >= 15 is 0 Å². The summed E-state index contributed by atoms with van der Waals surface area (Å²) in [5.41, 5.74) is 7.27. The number of rotatable bonds is 5. The van der Waals surface area contributed by atoms with Gasteiger partial charge in [0.2, 0.25) is 0 Å². The highest BCUT2D eigenvalue weighted by Gasteiger charge is 2.02. The Hall–Kier alpha value is -1.99. The van der Waals surface area contributed by atoms with E-state index in [4.69, 9.17) is 0 Å². The summed E-state index contributed by atoms with van der Waals surface area (Å²) < 4.78 is 0. The molecular formula is C31H44S. The summed E-state index contributed by atoms with van der Waals surface area (Å²) in [6.07, 6.45) is 3.26. The topological polar surface area (TPSA) is 0 Å². The summed E-state index contributed by atoms with van der Waals surface area (Å²) in [7, 11) is 0. The van der Waals surface area contributed by atoms with Gasteiger partial charge in [-0.15, -0.1) is 11.8 Å². The largest absolute Gasteiger partial charge is 0.130 e. The Kier molecular flexibility index (Phi) is 13.1. The van der Waals surface area contributed by atoms with Gasteiger partial charge in [-0.05, 0) is 77.3 Å². The van der Waals surface area contributed by atoms with Crippen LogP contribution in [-0.4, -0.2) is 6.26 Å². The predicted octanol–water partition coefficient (Wildman–Crippen LogP) is 10.0. The molecule has 3 aromatic carbocycles. The molecular weight excluding hydrogens is 404 g/mol. The van der Waals surface area contributed by atoms with Crippen LogP contribution in [0.25, 0.3) is 0 Å². The maximum Gasteiger partial charge on any atom is 0.00719 e. The van der Waals surface area contributed by atoms with Crippen LogP contribution in [0, 0.1) is 6.92 Å². The maximum absolute atomic E-state index is 2.26. The summed E-state index contributed by atoms with van der Waals surface area (Å²) in [6.45, 7) is 17.8. The molecule has 0 atom stereocenters. The minimum absolute atomic E-state index is 0.641. The molecule has 0 aliphatic carbocycles. The van der Waals surface area contributed by atoms with Crippen LogP contribution in [0.4, 0.5) is 0 Å². The van der Waals surface area contributed by atoms with Crippen molar-refractivity contribution in [2.75, 3.05) is 6.26 Å². The van der Waals surface area contributed by atoms with Crippen molar-refractivity contribution >= 4 is 11.8 Å². The van der Waals surface area contributed by atoms with Gasteiger partial charge in [0.15, 0.2) is 0 Å². The summed E-state index contributed by atoms with van der Waals surface area (Å²) in [5, 5.41) is 0. The summed E-state index contributed by atoms with van der Waals surface area (Å²) >= 11 is 1.80. The molecule has 0 heterocycles. The van der Waals surface area contributed by atoms with E-state index in [0.717, 1.165) is 6.42 Å². The zero-order valence-electron chi connectivity index (χ0n) is 21.8. The first-order valence-electron chi connectivity index (χ1n) is 12.0. The van der Waals surface area contributed by atoms with Crippen molar-refractivity contribution in [1.82, 2.24) is 0 Å². The van der Waals surface area contributed by atoms with Crippen LogP contribution in [0.15, 0.2) is 77.7 Å². The van der Waals surface area contributed by atoms with Crippen molar-refractivity contribution in [3.8, 4) is 0 Å². The quantitative estimate of drug-likeness (QED) is 0.350. The molecule has 0 radical (unpaired) electrons. The van der Waals surface area contributed by atoms with Gasteiger partial charge < -0.3 is 0 Å². The molecule has 0 saturated carbocycles. The van der Waals surface area contributed by atoms with E-state index in [1.165, 1.54) is 32.7 Å². The van der Waals surface area contributed by atoms with Gasteiger partial charge in [0.05, 0.1) is 0 Å². The van der Waals surface area contributed by atoms with Gasteiger partial charge in [-0.2, -0.15) is 0 Å². The molecule has 0 nitrogen and oxygen atoms in total. The van der Waals surface area contributed by atoms with Gasteiger partial charge in [0.1, 0.15) is 0 Å². The van der Waals surface area contributed by atoms with Crippen LogP contribution in [0.3, 0.4) is 0 Å². The van der Waals surface area contributed by atoms with Crippen molar-refractivity contribution < 1.29 is 0 Å². The minimum atomic E-state index is 0.641. The van der Waals surface area contributed by atoms with Crippen LogP contribution in [0.2, 0.25) is 0 Å². The Morgan fingerprint density at radius 3 is 1.66 bits per heavy atom. The first-order valence-corrected chi connectivity index (χ1v) is 13.2. The van der Waals surface area contributed by atoms with Crippen molar-refractivity contribution in [2.45, 2.75) is 84.5 Å². The molecule has 0 aliphatic rings. The highest BCUT2D eigenvalue weighted by atomic mass is 32.2. The molecule has 0 aromatic heterocycles. The second-order valence-electron chi connectivity index (χ2n) is 9.15. The lowest BCUT2D eigenvalue weighted by molar-refractivity contribution is 0.844. The van der Waals surface area contributed by atoms with Crippen LogP contribution >= 0.6 is 11.8 Å². The summed E-state index contributed by atoms with van der Waals surface area (Å²) in [5.74, 6) is 1.95. The minimum Gasteiger partial charge on any atom is -0.130 e. The molecule has 3 aromatic rings. The van der Waals surface area contributed by atoms with Crippen LogP contribution in [0.5, 0.6) is 0 Å². The average Bonchev–Trinajstić information content (AvgIpc) is 2.80. The highest BCUT2D eigenvalue weighted by molar-refractivity contribution is 7.98. The number of hydrogen-bond acceptors (Lipinski definition) is 1. The van der Waals surface area contributed by atoms with E-state index in [1.807, 2.05) is 0 Å². The Balaban J connectivity index is 0.000000240. The molecule has 0 spiro atoms. The Morgan fingerprint density at radius 1 is 0.656 bits per heavy atom. The first-order chi connectivity index (χ1) is 15.2. The molecule has 3 rings (SSSR count). The maximum atomic E-state index is 2.26. The Labute approximate surface area is 202 Å². The van der Waals surface area contributed by atoms with Gasteiger partial charge in [0.25, 0.3) is 0 Å². The van der Waals surface area contributed by atoms with Crippen LogP contribution in [-0.2, 0) is 6.42 Å². The van der Waals surface area contributed by atoms with Gasteiger partial charge in [-0.3, -0.25) is 0 Å². The van der Waals surface area contributed by atoms with E-state index in [1.54, 1.807) is 11.8 Å².